The summed E-state index contributed by atoms with van der Waals surface area (Å²) in [5, 5.41) is 10.5. The first-order valence-corrected chi connectivity index (χ1v) is 5.18. The second kappa shape index (κ2) is 9.32. The van der Waals surface area contributed by atoms with Crippen LogP contribution in [0.4, 0.5) is 5.82 Å². The summed E-state index contributed by atoms with van der Waals surface area (Å²) in [5.41, 5.74) is 1.50. The van der Waals surface area contributed by atoms with Crippen molar-refractivity contribution in [2.24, 2.45) is 0 Å². The monoisotopic (exact) mass is 324 g/mol. The second-order valence-corrected chi connectivity index (χ2v) is 3.26. The van der Waals surface area contributed by atoms with Crippen molar-refractivity contribution in [3.8, 4) is 0 Å². The van der Waals surface area contributed by atoms with Crippen molar-refractivity contribution < 1.29 is 32.7 Å². The Morgan fingerprint density at radius 2 is 1.94 bits per heavy atom. The molecule has 0 aliphatic carbocycles. The molecule has 2 aromatic rings. The average molecular weight is 324 g/mol. The SMILES string of the molecule is C[N-]C.C[N-]Cc1nc(NC)c2[nH]cnc2n1.[Y]. The van der Waals surface area contributed by atoms with E-state index in [1.165, 1.54) is 0 Å². The van der Waals surface area contributed by atoms with Crippen LogP contribution in [0.25, 0.3) is 21.8 Å². The quantitative estimate of drug-likeness (QED) is 0.895. The van der Waals surface area contributed by atoms with Gasteiger partial charge in [0.2, 0.25) is 0 Å². The number of fused-ring (bicyclic) bond motifs is 1. The average Bonchev–Trinajstić information content (AvgIpc) is 2.77. The first kappa shape index (κ1) is 17.4. The molecule has 8 heteroatoms. The van der Waals surface area contributed by atoms with Crippen LogP contribution in [0.2, 0.25) is 0 Å². The van der Waals surface area contributed by atoms with Gasteiger partial charge in [-0.05, 0) is 0 Å². The minimum absolute atomic E-state index is 0. The van der Waals surface area contributed by atoms with Crippen molar-refractivity contribution >= 4 is 17.0 Å². The smallest absolute Gasteiger partial charge is 0.182 e. The van der Waals surface area contributed by atoms with Crippen molar-refractivity contribution in [1.29, 1.82) is 0 Å². The van der Waals surface area contributed by atoms with Crippen molar-refractivity contribution in [3.05, 3.63) is 22.8 Å². The van der Waals surface area contributed by atoms with Gasteiger partial charge in [-0.2, -0.15) is 21.1 Å². The first-order chi connectivity index (χ1) is 8.26. The molecule has 0 spiro atoms. The minimum atomic E-state index is 0. The molecule has 2 aromatic heterocycles. The van der Waals surface area contributed by atoms with Gasteiger partial charge in [0.15, 0.2) is 11.5 Å². The van der Waals surface area contributed by atoms with E-state index in [4.69, 9.17) is 0 Å². The largest absolute Gasteiger partial charge is 0.668 e. The van der Waals surface area contributed by atoms with Gasteiger partial charge in [0.1, 0.15) is 11.3 Å². The Balaban J connectivity index is 0.000000660. The zero-order valence-corrected chi connectivity index (χ0v) is 13.9. The summed E-state index contributed by atoms with van der Waals surface area (Å²) in [6.07, 6.45) is 1.60. The summed E-state index contributed by atoms with van der Waals surface area (Å²) in [4.78, 5) is 15.6. The Labute approximate surface area is 132 Å². The van der Waals surface area contributed by atoms with Gasteiger partial charge in [-0.1, -0.05) is 6.54 Å². The Morgan fingerprint density at radius 3 is 2.50 bits per heavy atom. The van der Waals surface area contributed by atoms with Crippen molar-refractivity contribution in [2.45, 2.75) is 6.54 Å². The van der Waals surface area contributed by atoms with Crippen LogP contribution in [-0.2, 0) is 39.3 Å². The number of aromatic nitrogens is 4. The Hall–Kier alpha value is -0.626. The van der Waals surface area contributed by atoms with Crippen LogP contribution in [0.15, 0.2) is 6.33 Å². The number of nitrogens with one attached hydrogen (secondary N) is 2. The third-order valence-corrected chi connectivity index (χ3v) is 1.87. The summed E-state index contributed by atoms with van der Waals surface area (Å²) in [7, 11) is 7.05. The van der Waals surface area contributed by atoms with Gasteiger partial charge < -0.3 is 20.9 Å². The van der Waals surface area contributed by atoms with E-state index in [9.17, 15) is 0 Å². The summed E-state index contributed by atoms with van der Waals surface area (Å²) in [6.45, 7) is 0.511. The fraction of sp³-hybridized carbons (Fsp3) is 0.500. The predicted molar refractivity (Wildman–Crippen MR) is 69.4 cm³/mol. The number of anilines is 1. The van der Waals surface area contributed by atoms with Crippen LogP contribution in [0.5, 0.6) is 0 Å². The van der Waals surface area contributed by atoms with E-state index in [1.807, 2.05) is 7.05 Å². The van der Waals surface area contributed by atoms with Crippen LogP contribution in [0.3, 0.4) is 0 Å². The molecule has 7 nitrogen and oxygen atoms in total. The normalized spacial score (nSPS) is 9.33. The minimum Gasteiger partial charge on any atom is -0.668 e. The summed E-state index contributed by atoms with van der Waals surface area (Å²) < 4.78 is 0. The van der Waals surface area contributed by atoms with Gasteiger partial charge in [0.05, 0.1) is 6.33 Å². The zero-order chi connectivity index (χ0) is 12.7. The predicted octanol–water partition coefficient (Wildman–Crippen LogP) is 1.52. The molecule has 0 saturated heterocycles. The molecule has 2 heterocycles. The van der Waals surface area contributed by atoms with Gasteiger partial charge in [0.25, 0.3) is 0 Å². The van der Waals surface area contributed by atoms with Gasteiger partial charge in [-0.3, -0.25) is 0 Å². The van der Waals surface area contributed by atoms with E-state index in [-0.39, 0.29) is 32.7 Å². The Morgan fingerprint density at radius 1 is 1.28 bits per heavy atom. The maximum Gasteiger partial charge on any atom is 0.182 e. The van der Waals surface area contributed by atoms with Crippen LogP contribution < -0.4 is 5.32 Å². The van der Waals surface area contributed by atoms with Gasteiger partial charge >= 0.3 is 0 Å². The van der Waals surface area contributed by atoms with Crippen molar-refractivity contribution in [3.63, 3.8) is 0 Å². The number of hydrogen-bond acceptors (Lipinski definition) is 4. The number of aromatic amines is 1. The molecule has 0 atom stereocenters. The maximum absolute atomic E-state index is 4.29. The van der Waals surface area contributed by atoms with Gasteiger partial charge in [-0.25, -0.2) is 15.0 Å². The van der Waals surface area contributed by atoms with Crippen LogP contribution in [0, 0.1) is 0 Å². The fourth-order valence-electron chi connectivity index (χ4n) is 1.27. The number of imidazole rings is 1. The van der Waals surface area contributed by atoms with Gasteiger partial charge in [-0.15, -0.1) is 0 Å². The molecule has 2 N–H and O–H groups in total. The molecule has 97 valence electrons. The number of H-pyrrole nitrogens is 1. The van der Waals surface area contributed by atoms with Gasteiger partial charge in [0, 0.05) is 39.8 Å². The van der Waals surface area contributed by atoms with E-state index < -0.39 is 0 Å². The molecule has 0 saturated carbocycles. The summed E-state index contributed by atoms with van der Waals surface area (Å²) in [6, 6.07) is 0. The first-order valence-electron chi connectivity index (χ1n) is 5.18. The number of nitrogens with zero attached hydrogens (tertiary/aromatic N) is 5. The molecule has 2 rings (SSSR count). The molecule has 1 radical (unpaired) electrons. The van der Waals surface area contributed by atoms with Crippen molar-refractivity contribution in [2.75, 3.05) is 33.5 Å². The summed E-state index contributed by atoms with van der Waals surface area (Å²) in [5.74, 6) is 1.43. The molecule has 0 aliphatic heterocycles. The Kier molecular flexibility index (Phi) is 9.00. The molecule has 0 unspecified atom stereocenters. The number of rotatable bonds is 3. The standard InChI is InChI=1S/C8H11N6.C2H6N.Y/c1-9-3-5-13-7(10-2)6-8(14-5)12-4-11-6;1-3-2;/h4H,3H2,1-2H3,(H2,10,11,12,13,14);1-2H3;/q2*-1;. The molecule has 0 aromatic carbocycles. The van der Waals surface area contributed by atoms with Crippen LogP contribution in [-0.4, -0.2) is 48.1 Å². The topological polar surface area (TPSA) is 94.7 Å². The van der Waals surface area contributed by atoms with E-state index in [1.54, 1.807) is 27.5 Å². The van der Waals surface area contributed by atoms with E-state index >= 15 is 0 Å². The van der Waals surface area contributed by atoms with Crippen LogP contribution >= 0.6 is 0 Å². The Bertz CT molecular complexity index is 456. The maximum atomic E-state index is 4.29. The molecule has 0 aliphatic rings. The molecule has 0 amide bonds. The third kappa shape index (κ3) is 4.57. The fourth-order valence-corrected chi connectivity index (χ4v) is 1.27. The van der Waals surface area contributed by atoms with E-state index in [2.05, 4.69) is 35.9 Å². The van der Waals surface area contributed by atoms with Crippen molar-refractivity contribution in [1.82, 2.24) is 19.9 Å². The van der Waals surface area contributed by atoms with E-state index in [0.717, 1.165) is 11.3 Å². The third-order valence-electron chi connectivity index (χ3n) is 1.87. The van der Waals surface area contributed by atoms with E-state index in [0.29, 0.717) is 18.0 Å². The molecule has 18 heavy (non-hydrogen) atoms. The molecule has 0 bridgehead atoms. The summed E-state index contributed by atoms with van der Waals surface area (Å²) >= 11 is 0. The molecular formula is C10H17N7Y-2. The molecular weight excluding hydrogens is 307 g/mol. The zero-order valence-electron chi connectivity index (χ0n) is 11.1. The second-order valence-electron chi connectivity index (χ2n) is 3.26. The number of hydrogen-bond donors (Lipinski definition) is 2. The van der Waals surface area contributed by atoms with Crippen LogP contribution in [0.1, 0.15) is 5.82 Å². The molecule has 0 fully saturated rings.